The number of aryl methyl sites for hydroxylation is 1. The van der Waals surface area contributed by atoms with Crippen LogP contribution in [0.15, 0.2) is 77.7 Å². The molecule has 0 aliphatic rings. The normalized spacial score (nSPS) is 12.5. The highest BCUT2D eigenvalue weighted by molar-refractivity contribution is 7.92. The first-order chi connectivity index (χ1) is 16.3. The third kappa shape index (κ3) is 6.93. The van der Waals surface area contributed by atoms with Gasteiger partial charge in [0.15, 0.2) is 0 Å². The van der Waals surface area contributed by atoms with E-state index >= 15 is 0 Å². The Hall–Kier alpha value is -3.65. The summed E-state index contributed by atoms with van der Waals surface area (Å²) in [6.45, 7) is 9.77. The zero-order chi connectivity index (χ0) is 25.8. The number of rotatable bonds is 7. The molecule has 0 bridgehead atoms. The van der Waals surface area contributed by atoms with Crippen molar-refractivity contribution in [2.45, 2.75) is 51.0 Å². The number of sulfonamides is 1. The van der Waals surface area contributed by atoms with Gasteiger partial charge in [0.25, 0.3) is 15.9 Å². The molecule has 2 amide bonds. The first kappa shape index (κ1) is 26.0. The second-order valence-electron chi connectivity index (χ2n) is 9.51. The van der Waals surface area contributed by atoms with E-state index in [1.165, 1.54) is 0 Å². The van der Waals surface area contributed by atoms with E-state index in [2.05, 4.69) is 36.1 Å². The molecule has 3 aromatic carbocycles. The highest BCUT2D eigenvalue weighted by Crippen LogP contribution is 2.22. The molecule has 0 aromatic heterocycles. The van der Waals surface area contributed by atoms with Crippen LogP contribution in [0.5, 0.6) is 0 Å². The Balaban J connectivity index is 1.57. The van der Waals surface area contributed by atoms with Crippen LogP contribution < -0.4 is 15.4 Å². The Bertz CT molecular complexity index is 1290. The number of carbonyl (C=O) groups is 2. The third-order valence-corrected chi connectivity index (χ3v) is 6.89. The highest BCUT2D eigenvalue weighted by atomic mass is 32.2. The minimum Gasteiger partial charge on any atom is -0.341 e. The van der Waals surface area contributed by atoms with Crippen LogP contribution in [0.3, 0.4) is 0 Å². The van der Waals surface area contributed by atoms with E-state index < -0.39 is 22.0 Å². The van der Waals surface area contributed by atoms with Crippen molar-refractivity contribution in [1.29, 1.82) is 0 Å². The monoisotopic (exact) mass is 493 g/mol. The molecule has 1 atom stereocenters. The molecule has 3 N–H and O–H groups in total. The predicted molar refractivity (Wildman–Crippen MR) is 139 cm³/mol. The van der Waals surface area contributed by atoms with Gasteiger partial charge in [-0.15, -0.1) is 0 Å². The average Bonchev–Trinajstić information content (AvgIpc) is 2.80. The summed E-state index contributed by atoms with van der Waals surface area (Å²) in [6, 6.07) is 19.4. The Morgan fingerprint density at radius 2 is 1.34 bits per heavy atom. The fourth-order valence-corrected chi connectivity index (χ4v) is 4.33. The van der Waals surface area contributed by atoms with Gasteiger partial charge in [0.2, 0.25) is 5.91 Å². The number of amides is 2. The van der Waals surface area contributed by atoms with E-state index in [1.807, 2.05) is 19.1 Å². The van der Waals surface area contributed by atoms with Crippen molar-refractivity contribution in [1.82, 2.24) is 5.32 Å². The van der Waals surface area contributed by atoms with Gasteiger partial charge in [-0.1, -0.05) is 50.6 Å². The summed E-state index contributed by atoms with van der Waals surface area (Å²) in [5.41, 5.74) is 3.38. The topological polar surface area (TPSA) is 104 Å². The fourth-order valence-electron chi connectivity index (χ4n) is 3.27. The van der Waals surface area contributed by atoms with Crippen LogP contribution >= 0.6 is 0 Å². The molecule has 0 saturated heterocycles. The Labute approximate surface area is 207 Å². The van der Waals surface area contributed by atoms with Gasteiger partial charge in [-0.25, -0.2) is 8.42 Å². The molecule has 0 aliphatic carbocycles. The Morgan fingerprint density at radius 1 is 0.800 bits per heavy atom. The summed E-state index contributed by atoms with van der Waals surface area (Å²) >= 11 is 0. The van der Waals surface area contributed by atoms with Gasteiger partial charge in [0.1, 0.15) is 6.04 Å². The maximum atomic E-state index is 12.6. The summed E-state index contributed by atoms with van der Waals surface area (Å²) < 4.78 is 27.6. The first-order valence-corrected chi connectivity index (χ1v) is 12.8. The van der Waals surface area contributed by atoms with Crippen LogP contribution in [0, 0.1) is 6.92 Å². The van der Waals surface area contributed by atoms with Crippen LogP contribution in [0.1, 0.15) is 49.2 Å². The lowest BCUT2D eigenvalue weighted by atomic mass is 9.86. The molecular weight excluding hydrogens is 462 g/mol. The number of hydrogen-bond acceptors (Lipinski definition) is 4. The molecule has 7 nitrogen and oxygen atoms in total. The van der Waals surface area contributed by atoms with Crippen molar-refractivity contribution in [3.8, 4) is 0 Å². The summed E-state index contributed by atoms with van der Waals surface area (Å²) in [7, 11) is -3.72. The Kier molecular flexibility index (Phi) is 7.65. The van der Waals surface area contributed by atoms with Gasteiger partial charge in [-0.2, -0.15) is 0 Å². The molecule has 0 spiro atoms. The Morgan fingerprint density at radius 3 is 1.89 bits per heavy atom. The number of hydrogen-bond donors (Lipinski definition) is 3. The zero-order valence-corrected chi connectivity index (χ0v) is 21.4. The number of anilines is 2. The average molecular weight is 494 g/mol. The molecule has 3 aromatic rings. The van der Waals surface area contributed by atoms with Gasteiger partial charge in [-0.3, -0.25) is 14.3 Å². The second-order valence-corrected chi connectivity index (χ2v) is 11.2. The maximum absolute atomic E-state index is 12.6. The largest absolute Gasteiger partial charge is 0.341 e. The molecule has 0 radical (unpaired) electrons. The minimum absolute atomic E-state index is 0.0158. The molecule has 0 fully saturated rings. The van der Waals surface area contributed by atoms with Gasteiger partial charge < -0.3 is 10.6 Å². The highest BCUT2D eigenvalue weighted by Gasteiger charge is 2.19. The van der Waals surface area contributed by atoms with E-state index in [1.54, 1.807) is 67.6 Å². The zero-order valence-electron chi connectivity index (χ0n) is 20.5. The van der Waals surface area contributed by atoms with Crippen molar-refractivity contribution in [3.05, 3.63) is 89.5 Å². The molecule has 35 heavy (non-hydrogen) atoms. The molecule has 0 saturated carbocycles. The van der Waals surface area contributed by atoms with Crippen molar-refractivity contribution >= 4 is 33.2 Å². The van der Waals surface area contributed by atoms with E-state index in [0.29, 0.717) is 16.9 Å². The summed E-state index contributed by atoms with van der Waals surface area (Å²) in [6.07, 6.45) is 0. The predicted octanol–water partition coefficient (Wildman–Crippen LogP) is 4.85. The summed E-state index contributed by atoms with van der Waals surface area (Å²) in [5.74, 6) is -0.730. The molecule has 3 rings (SSSR count). The molecule has 0 aliphatic heterocycles. The fraction of sp³-hybridized carbons (Fsp3) is 0.259. The van der Waals surface area contributed by atoms with Crippen molar-refractivity contribution in [2.24, 2.45) is 0 Å². The third-order valence-electron chi connectivity index (χ3n) is 5.49. The number of benzene rings is 3. The second kappa shape index (κ2) is 10.3. The van der Waals surface area contributed by atoms with Crippen LogP contribution in [0.4, 0.5) is 11.4 Å². The lowest BCUT2D eigenvalue weighted by molar-refractivity contribution is -0.117. The number of nitrogens with one attached hydrogen (secondary N) is 3. The van der Waals surface area contributed by atoms with Crippen LogP contribution in [0.25, 0.3) is 0 Å². The van der Waals surface area contributed by atoms with Crippen LogP contribution in [-0.2, 0) is 20.2 Å². The number of carbonyl (C=O) groups excluding carboxylic acids is 2. The van der Waals surface area contributed by atoms with E-state index in [0.717, 1.165) is 11.1 Å². The van der Waals surface area contributed by atoms with E-state index in [-0.39, 0.29) is 16.2 Å². The standard InChI is InChI=1S/C27H31N3O4S/c1-18-6-16-24(17-7-18)35(33,34)30-23-14-12-22(13-15-23)29-25(31)19(2)28-26(32)20-8-10-21(11-9-20)27(3,4)5/h6-17,19,30H,1-5H3,(H,28,32)(H,29,31)/t19-/m0/s1. The van der Waals surface area contributed by atoms with Crippen LogP contribution in [0.2, 0.25) is 0 Å². The molecular formula is C27H31N3O4S. The van der Waals surface area contributed by atoms with E-state index in [9.17, 15) is 18.0 Å². The van der Waals surface area contributed by atoms with Crippen LogP contribution in [-0.4, -0.2) is 26.3 Å². The minimum atomic E-state index is -3.72. The molecule has 184 valence electrons. The first-order valence-electron chi connectivity index (χ1n) is 11.3. The lowest BCUT2D eigenvalue weighted by Crippen LogP contribution is -2.41. The SMILES string of the molecule is Cc1ccc(S(=O)(=O)Nc2ccc(NC(=O)[C@H](C)NC(=O)c3ccc(C(C)(C)C)cc3)cc2)cc1. The molecule has 8 heteroatoms. The smallest absolute Gasteiger partial charge is 0.261 e. The molecule has 0 unspecified atom stereocenters. The van der Waals surface area contributed by atoms with Gasteiger partial charge in [0, 0.05) is 16.9 Å². The van der Waals surface area contributed by atoms with Gasteiger partial charge in [0.05, 0.1) is 4.90 Å². The maximum Gasteiger partial charge on any atom is 0.261 e. The summed E-state index contributed by atoms with van der Waals surface area (Å²) in [4.78, 5) is 25.2. The van der Waals surface area contributed by atoms with Crippen molar-refractivity contribution in [2.75, 3.05) is 10.0 Å². The van der Waals surface area contributed by atoms with Gasteiger partial charge >= 0.3 is 0 Å². The molecule has 0 heterocycles. The van der Waals surface area contributed by atoms with Gasteiger partial charge in [-0.05, 0) is 73.4 Å². The van der Waals surface area contributed by atoms with Crippen molar-refractivity contribution in [3.63, 3.8) is 0 Å². The summed E-state index contributed by atoms with van der Waals surface area (Å²) in [5, 5.41) is 5.42. The van der Waals surface area contributed by atoms with Crippen molar-refractivity contribution < 1.29 is 18.0 Å². The quantitative estimate of drug-likeness (QED) is 0.438. The lowest BCUT2D eigenvalue weighted by Gasteiger charge is -2.19. The van der Waals surface area contributed by atoms with E-state index in [4.69, 9.17) is 0 Å².